The summed E-state index contributed by atoms with van der Waals surface area (Å²) in [4.78, 5) is 17.0. The number of aliphatic hydroxyl groups is 1. The van der Waals surface area contributed by atoms with E-state index in [0.717, 1.165) is 45.2 Å². The summed E-state index contributed by atoms with van der Waals surface area (Å²) in [6.45, 7) is 1.72. The van der Waals surface area contributed by atoms with Crippen molar-refractivity contribution in [1.29, 1.82) is 0 Å². The monoisotopic (exact) mass is 288 g/mol. The third-order valence-corrected chi connectivity index (χ3v) is 6.67. The van der Waals surface area contributed by atoms with Gasteiger partial charge in [-0.15, -0.1) is 0 Å². The normalized spacial score (nSPS) is 47.9. The molecule has 0 aromatic heterocycles. The number of rotatable bonds is 1. The molecule has 4 aliphatic carbocycles. The molecule has 4 saturated carbocycles. The van der Waals surface area contributed by atoms with Crippen LogP contribution in [0.3, 0.4) is 0 Å². The smallest absolute Gasteiger partial charge is 0.324 e. The summed E-state index contributed by atoms with van der Waals surface area (Å²) in [6.07, 6.45) is 9.79. The van der Waals surface area contributed by atoms with Gasteiger partial charge in [-0.3, -0.25) is 4.90 Å². The first-order valence-electron chi connectivity index (χ1n) is 8.62. The van der Waals surface area contributed by atoms with Crippen molar-refractivity contribution in [3.63, 3.8) is 0 Å². The Morgan fingerprint density at radius 1 is 1.19 bits per heavy atom. The van der Waals surface area contributed by atoms with Gasteiger partial charge in [-0.05, 0) is 62.7 Å². The van der Waals surface area contributed by atoms with Crippen LogP contribution in [0.2, 0.25) is 0 Å². The van der Waals surface area contributed by atoms with Crippen LogP contribution < -0.4 is 0 Å². The molecule has 1 saturated heterocycles. The largest absolute Gasteiger partial charge is 0.390 e. The number of hydrogen-bond donors (Lipinski definition) is 1. The number of nitrogens with zero attached hydrogens (tertiary/aromatic N) is 2. The summed E-state index contributed by atoms with van der Waals surface area (Å²) in [6, 6.07) is 0.631. The van der Waals surface area contributed by atoms with Gasteiger partial charge in [0, 0.05) is 18.3 Å². The van der Waals surface area contributed by atoms with Gasteiger partial charge in [0.05, 0.1) is 12.1 Å². The lowest BCUT2D eigenvalue weighted by Gasteiger charge is -2.59. The van der Waals surface area contributed by atoms with Crippen LogP contribution in [0, 0.1) is 17.8 Å². The van der Waals surface area contributed by atoms with Crippen LogP contribution >= 0.6 is 0 Å². The summed E-state index contributed by atoms with van der Waals surface area (Å²) in [7, 11) is 0. The highest BCUT2D eigenvalue weighted by molar-refractivity contribution is 5.80. The SMILES string of the molecule is O=C1N2CCCC=C2CN1C1C2CC3CC1CC(O)(C3)C2. The Bertz CT molecular complexity index is 513. The maximum Gasteiger partial charge on any atom is 0.324 e. The quantitative estimate of drug-likeness (QED) is 0.805. The molecule has 2 aliphatic heterocycles. The maximum atomic E-state index is 12.8. The van der Waals surface area contributed by atoms with E-state index in [-0.39, 0.29) is 6.03 Å². The molecule has 6 aliphatic rings. The molecule has 1 N–H and O–H groups in total. The number of amides is 2. The van der Waals surface area contributed by atoms with Gasteiger partial charge >= 0.3 is 6.03 Å². The summed E-state index contributed by atoms with van der Waals surface area (Å²) in [5.41, 5.74) is 0.834. The number of carbonyl (C=O) groups is 1. The van der Waals surface area contributed by atoms with Crippen molar-refractivity contribution in [3.05, 3.63) is 11.8 Å². The molecule has 4 nitrogen and oxygen atoms in total. The fraction of sp³-hybridized carbons (Fsp3) is 0.824. The van der Waals surface area contributed by atoms with Crippen molar-refractivity contribution in [1.82, 2.24) is 9.80 Å². The van der Waals surface area contributed by atoms with Crippen molar-refractivity contribution in [2.24, 2.45) is 17.8 Å². The van der Waals surface area contributed by atoms with E-state index in [9.17, 15) is 9.90 Å². The number of allylic oxidation sites excluding steroid dienone is 1. The van der Waals surface area contributed by atoms with Crippen LogP contribution in [-0.2, 0) is 0 Å². The first-order valence-corrected chi connectivity index (χ1v) is 8.62. The predicted molar refractivity (Wildman–Crippen MR) is 78.4 cm³/mol. The summed E-state index contributed by atoms with van der Waals surface area (Å²) < 4.78 is 0. The summed E-state index contributed by atoms with van der Waals surface area (Å²) >= 11 is 0. The van der Waals surface area contributed by atoms with Crippen LogP contribution in [0.1, 0.15) is 44.9 Å². The van der Waals surface area contributed by atoms with E-state index in [2.05, 4.69) is 11.0 Å². The zero-order chi connectivity index (χ0) is 14.2. The van der Waals surface area contributed by atoms with Crippen molar-refractivity contribution < 1.29 is 9.90 Å². The van der Waals surface area contributed by atoms with Gasteiger partial charge in [0.2, 0.25) is 0 Å². The molecule has 0 aromatic carbocycles. The second kappa shape index (κ2) is 4.03. The second-order valence-corrected chi connectivity index (χ2v) is 8.08. The predicted octanol–water partition coefficient (Wildman–Crippen LogP) is 2.34. The molecule has 114 valence electrons. The van der Waals surface area contributed by atoms with Gasteiger partial charge in [0.1, 0.15) is 0 Å². The maximum absolute atomic E-state index is 12.8. The Hall–Kier alpha value is -1.03. The Balaban J connectivity index is 1.45. The first kappa shape index (κ1) is 12.5. The topological polar surface area (TPSA) is 43.8 Å². The summed E-state index contributed by atoms with van der Waals surface area (Å²) in [5, 5.41) is 10.7. The molecule has 0 aromatic rings. The van der Waals surface area contributed by atoms with Gasteiger partial charge in [-0.25, -0.2) is 4.79 Å². The zero-order valence-corrected chi connectivity index (χ0v) is 12.5. The molecule has 4 heteroatoms. The first-order chi connectivity index (χ1) is 10.1. The minimum atomic E-state index is -0.401. The highest BCUT2D eigenvalue weighted by Gasteiger charge is 2.57. The number of urea groups is 1. The third kappa shape index (κ3) is 1.68. The van der Waals surface area contributed by atoms with E-state index >= 15 is 0 Å². The number of hydrogen-bond acceptors (Lipinski definition) is 2. The average molecular weight is 288 g/mol. The molecular formula is C17H24N2O2. The Morgan fingerprint density at radius 3 is 2.62 bits per heavy atom. The molecule has 2 unspecified atom stereocenters. The van der Waals surface area contributed by atoms with Crippen molar-refractivity contribution in [3.8, 4) is 0 Å². The molecule has 2 atom stereocenters. The zero-order valence-electron chi connectivity index (χ0n) is 12.5. The van der Waals surface area contributed by atoms with Crippen LogP contribution in [0.4, 0.5) is 4.79 Å². The van der Waals surface area contributed by atoms with Crippen molar-refractivity contribution >= 4 is 6.03 Å². The standard InChI is InChI=1S/C17H24N2O2/c20-16-18-4-2-1-3-14(18)10-19(16)15-12-5-11-6-13(15)9-17(21,7-11)8-12/h3,11-13,15,21H,1-2,4-10H2. The molecule has 2 heterocycles. The number of carbonyl (C=O) groups excluding carboxylic acids is 1. The van der Waals surface area contributed by atoms with Gasteiger partial charge in [-0.1, -0.05) is 6.08 Å². The Kier molecular flexibility index (Phi) is 2.40. The van der Waals surface area contributed by atoms with Gasteiger partial charge in [0.25, 0.3) is 0 Å². The third-order valence-electron chi connectivity index (χ3n) is 6.67. The van der Waals surface area contributed by atoms with Crippen LogP contribution in [0.5, 0.6) is 0 Å². The van der Waals surface area contributed by atoms with E-state index < -0.39 is 5.60 Å². The van der Waals surface area contributed by atoms with E-state index in [1.54, 1.807) is 0 Å². The van der Waals surface area contributed by atoms with Crippen molar-refractivity contribution in [2.75, 3.05) is 13.1 Å². The molecular weight excluding hydrogens is 264 g/mol. The van der Waals surface area contributed by atoms with E-state index in [0.29, 0.717) is 23.8 Å². The molecule has 2 amide bonds. The lowest BCUT2D eigenvalue weighted by molar-refractivity contribution is -0.152. The van der Waals surface area contributed by atoms with Crippen molar-refractivity contribution in [2.45, 2.75) is 56.6 Å². The van der Waals surface area contributed by atoms with Gasteiger partial charge in [0.15, 0.2) is 0 Å². The lowest BCUT2D eigenvalue weighted by atomic mass is 9.52. The van der Waals surface area contributed by atoms with Gasteiger partial charge in [-0.2, -0.15) is 0 Å². The molecule has 0 spiro atoms. The summed E-state index contributed by atoms with van der Waals surface area (Å²) in [5.74, 6) is 1.78. The van der Waals surface area contributed by atoms with E-state index in [1.807, 2.05) is 4.90 Å². The molecule has 4 bridgehead atoms. The minimum Gasteiger partial charge on any atom is -0.390 e. The van der Waals surface area contributed by atoms with Crippen LogP contribution in [0.25, 0.3) is 0 Å². The molecule has 21 heavy (non-hydrogen) atoms. The molecule has 0 radical (unpaired) electrons. The fourth-order valence-electron chi connectivity index (χ4n) is 6.23. The number of fused-ring (bicyclic) bond motifs is 1. The van der Waals surface area contributed by atoms with Crippen LogP contribution in [-0.4, -0.2) is 45.7 Å². The van der Waals surface area contributed by atoms with E-state index in [4.69, 9.17) is 0 Å². The minimum absolute atomic E-state index is 0.241. The average Bonchev–Trinajstić information content (AvgIpc) is 2.74. The second-order valence-electron chi connectivity index (χ2n) is 8.08. The lowest BCUT2D eigenvalue weighted by Crippen LogP contribution is -2.62. The molecule has 6 rings (SSSR count). The van der Waals surface area contributed by atoms with E-state index in [1.165, 1.54) is 18.5 Å². The highest BCUT2D eigenvalue weighted by atomic mass is 16.3. The van der Waals surface area contributed by atoms with Crippen LogP contribution in [0.15, 0.2) is 11.8 Å². The highest BCUT2D eigenvalue weighted by Crippen LogP contribution is 2.57. The van der Waals surface area contributed by atoms with Gasteiger partial charge < -0.3 is 10.0 Å². The fourth-order valence-corrected chi connectivity index (χ4v) is 6.23. The Labute approximate surface area is 125 Å². The Morgan fingerprint density at radius 2 is 1.95 bits per heavy atom. The molecule has 5 fully saturated rings.